The fourth-order valence-corrected chi connectivity index (χ4v) is 2.98. The Morgan fingerprint density at radius 3 is 2.64 bits per heavy atom. The zero-order valence-corrected chi connectivity index (χ0v) is 17.3. The summed E-state index contributed by atoms with van der Waals surface area (Å²) in [5.74, 6) is 1.31. The summed E-state index contributed by atoms with van der Waals surface area (Å²) in [5, 5.41) is 9.35. The lowest BCUT2D eigenvalue weighted by Crippen LogP contribution is -2.49. The molecule has 1 heterocycles. The van der Waals surface area contributed by atoms with Gasteiger partial charge < -0.3 is 20.9 Å². The summed E-state index contributed by atoms with van der Waals surface area (Å²) in [6.45, 7) is 9.95. The average Bonchev–Trinajstić information content (AvgIpc) is 2.69. The van der Waals surface area contributed by atoms with Crippen molar-refractivity contribution in [2.24, 2.45) is 10.9 Å². The van der Waals surface area contributed by atoms with Crippen LogP contribution in [0.5, 0.6) is 0 Å². The maximum Gasteiger partial charge on any atom is 0.254 e. The number of piperazine rings is 1. The maximum atomic E-state index is 12.5. The van der Waals surface area contributed by atoms with E-state index in [4.69, 9.17) is 0 Å². The van der Waals surface area contributed by atoms with Crippen LogP contribution >= 0.6 is 0 Å². The Hall–Kier alpha value is -2.57. The number of carbonyl (C=O) groups is 2. The van der Waals surface area contributed by atoms with E-state index in [-0.39, 0.29) is 18.4 Å². The summed E-state index contributed by atoms with van der Waals surface area (Å²) in [7, 11) is 0. The van der Waals surface area contributed by atoms with E-state index in [0.717, 1.165) is 31.0 Å². The molecule has 1 aliphatic rings. The average molecular weight is 388 g/mol. The smallest absolute Gasteiger partial charge is 0.254 e. The first-order valence-corrected chi connectivity index (χ1v) is 10.2. The molecule has 0 aromatic heterocycles. The highest BCUT2D eigenvalue weighted by atomic mass is 16.2. The minimum absolute atomic E-state index is 0.106. The Balaban J connectivity index is 1.89. The standard InChI is InChI=1S/C21H33N5O2/c1-4-22-21(24-11-5-6-16(2)3)25-14-17-7-9-18(10-8-17)20(28)26-13-12-23-19(27)15-26/h7-10,16H,4-6,11-15H2,1-3H3,(H,23,27)(H2,22,24,25). The van der Waals surface area contributed by atoms with E-state index in [0.29, 0.717) is 31.1 Å². The molecule has 1 aliphatic heterocycles. The molecule has 0 aliphatic carbocycles. The van der Waals surface area contributed by atoms with Gasteiger partial charge in [-0.2, -0.15) is 0 Å². The second kappa shape index (κ2) is 11.3. The third-order valence-electron chi connectivity index (χ3n) is 4.54. The number of rotatable bonds is 8. The number of aliphatic imine (C=N–C) groups is 1. The van der Waals surface area contributed by atoms with Crippen LogP contribution in [-0.4, -0.2) is 55.4 Å². The summed E-state index contributed by atoms with van der Waals surface area (Å²) in [4.78, 5) is 30.2. The van der Waals surface area contributed by atoms with Crippen LogP contribution in [0.1, 0.15) is 49.5 Å². The van der Waals surface area contributed by atoms with E-state index in [1.54, 1.807) is 4.90 Å². The van der Waals surface area contributed by atoms with Crippen molar-refractivity contribution >= 4 is 17.8 Å². The highest BCUT2D eigenvalue weighted by Crippen LogP contribution is 2.10. The third-order valence-corrected chi connectivity index (χ3v) is 4.54. The molecule has 0 atom stereocenters. The number of hydrogen-bond acceptors (Lipinski definition) is 3. The van der Waals surface area contributed by atoms with Gasteiger partial charge in [-0.15, -0.1) is 0 Å². The molecule has 0 radical (unpaired) electrons. The number of nitrogens with zero attached hydrogens (tertiary/aromatic N) is 2. The number of benzene rings is 1. The number of carbonyl (C=O) groups excluding carboxylic acids is 2. The predicted octanol–water partition coefficient (Wildman–Crippen LogP) is 1.75. The highest BCUT2D eigenvalue weighted by molar-refractivity contribution is 5.97. The van der Waals surface area contributed by atoms with Crippen molar-refractivity contribution in [1.82, 2.24) is 20.9 Å². The third kappa shape index (κ3) is 7.21. The van der Waals surface area contributed by atoms with Gasteiger partial charge in [-0.05, 0) is 43.4 Å². The molecule has 1 aromatic rings. The summed E-state index contributed by atoms with van der Waals surface area (Å²) < 4.78 is 0. The Morgan fingerprint density at radius 1 is 1.25 bits per heavy atom. The summed E-state index contributed by atoms with van der Waals surface area (Å²) in [6.07, 6.45) is 2.31. The van der Waals surface area contributed by atoms with Crippen LogP contribution in [0.25, 0.3) is 0 Å². The largest absolute Gasteiger partial charge is 0.357 e. The van der Waals surface area contributed by atoms with Crippen LogP contribution in [0.3, 0.4) is 0 Å². The first-order chi connectivity index (χ1) is 13.5. The van der Waals surface area contributed by atoms with E-state index in [9.17, 15) is 9.59 Å². The quantitative estimate of drug-likeness (QED) is 0.360. The molecular formula is C21H33N5O2. The molecule has 0 saturated carbocycles. The van der Waals surface area contributed by atoms with Crippen LogP contribution in [0, 0.1) is 5.92 Å². The summed E-state index contributed by atoms with van der Waals surface area (Å²) >= 11 is 0. The van der Waals surface area contributed by atoms with Crippen LogP contribution in [0.15, 0.2) is 29.3 Å². The molecule has 2 rings (SSSR count). The first kappa shape index (κ1) is 21.7. The normalized spacial score (nSPS) is 14.8. The van der Waals surface area contributed by atoms with Crippen LogP contribution in [0.4, 0.5) is 0 Å². The van der Waals surface area contributed by atoms with Crippen molar-refractivity contribution in [3.63, 3.8) is 0 Å². The van der Waals surface area contributed by atoms with E-state index in [1.165, 1.54) is 6.42 Å². The van der Waals surface area contributed by atoms with Crippen molar-refractivity contribution in [3.05, 3.63) is 35.4 Å². The topological polar surface area (TPSA) is 85.8 Å². The molecule has 0 spiro atoms. The predicted molar refractivity (Wildman–Crippen MR) is 112 cm³/mol. The lowest BCUT2D eigenvalue weighted by Gasteiger charge is -2.26. The van der Waals surface area contributed by atoms with Crippen molar-refractivity contribution < 1.29 is 9.59 Å². The molecule has 7 nitrogen and oxygen atoms in total. The van der Waals surface area contributed by atoms with Gasteiger partial charge in [-0.25, -0.2) is 4.99 Å². The van der Waals surface area contributed by atoms with Gasteiger partial charge in [0, 0.05) is 31.7 Å². The van der Waals surface area contributed by atoms with E-state index >= 15 is 0 Å². The Morgan fingerprint density at radius 2 is 2.00 bits per heavy atom. The maximum absolute atomic E-state index is 12.5. The van der Waals surface area contributed by atoms with E-state index in [2.05, 4.69) is 34.8 Å². The van der Waals surface area contributed by atoms with E-state index < -0.39 is 0 Å². The molecule has 1 saturated heterocycles. The molecule has 0 unspecified atom stereocenters. The lowest BCUT2D eigenvalue weighted by molar-refractivity contribution is -0.123. The molecule has 0 bridgehead atoms. The zero-order valence-electron chi connectivity index (χ0n) is 17.3. The second-order valence-electron chi connectivity index (χ2n) is 7.43. The lowest BCUT2D eigenvalue weighted by atomic mass is 10.1. The van der Waals surface area contributed by atoms with Crippen LogP contribution < -0.4 is 16.0 Å². The molecule has 7 heteroatoms. The molecule has 3 N–H and O–H groups in total. The minimum Gasteiger partial charge on any atom is -0.357 e. The van der Waals surface area contributed by atoms with E-state index in [1.807, 2.05) is 31.2 Å². The number of guanidine groups is 1. The fourth-order valence-electron chi connectivity index (χ4n) is 2.98. The zero-order chi connectivity index (χ0) is 20.4. The Bertz CT molecular complexity index is 670. The van der Waals surface area contributed by atoms with Gasteiger partial charge in [0.2, 0.25) is 5.91 Å². The van der Waals surface area contributed by atoms with Gasteiger partial charge >= 0.3 is 0 Å². The fraction of sp³-hybridized carbons (Fsp3) is 0.571. The van der Waals surface area contributed by atoms with Crippen molar-refractivity contribution in [2.45, 2.75) is 40.2 Å². The second-order valence-corrected chi connectivity index (χ2v) is 7.43. The van der Waals surface area contributed by atoms with Gasteiger partial charge in [0.1, 0.15) is 0 Å². The monoisotopic (exact) mass is 387 g/mol. The molecular weight excluding hydrogens is 354 g/mol. The Kier molecular flexibility index (Phi) is 8.78. The molecule has 28 heavy (non-hydrogen) atoms. The number of amides is 2. The minimum atomic E-state index is -0.109. The summed E-state index contributed by atoms with van der Waals surface area (Å²) in [6, 6.07) is 7.46. The van der Waals surface area contributed by atoms with Gasteiger partial charge in [-0.3, -0.25) is 9.59 Å². The first-order valence-electron chi connectivity index (χ1n) is 10.2. The number of hydrogen-bond donors (Lipinski definition) is 3. The molecule has 1 aromatic carbocycles. The summed E-state index contributed by atoms with van der Waals surface area (Å²) in [5.41, 5.74) is 1.63. The SMILES string of the molecule is CCNC(=NCc1ccc(C(=O)N2CCNC(=O)C2)cc1)NCCCC(C)C. The number of nitrogens with one attached hydrogen (secondary N) is 3. The van der Waals surface area contributed by atoms with Crippen LogP contribution in [0.2, 0.25) is 0 Å². The van der Waals surface area contributed by atoms with Gasteiger partial charge in [0.25, 0.3) is 5.91 Å². The van der Waals surface area contributed by atoms with Crippen LogP contribution in [-0.2, 0) is 11.3 Å². The van der Waals surface area contributed by atoms with Crippen molar-refractivity contribution in [2.75, 3.05) is 32.7 Å². The highest BCUT2D eigenvalue weighted by Gasteiger charge is 2.21. The van der Waals surface area contributed by atoms with Gasteiger partial charge in [0.05, 0.1) is 13.1 Å². The van der Waals surface area contributed by atoms with Crippen molar-refractivity contribution in [1.29, 1.82) is 0 Å². The Labute approximate surface area is 168 Å². The molecule has 154 valence electrons. The van der Waals surface area contributed by atoms with Gasteiger partial charge in [-0.1, -0.05) is 26.0 Å². The molecule has 2 amide bonds. The van der Waals surface area contributed by atoms with Gasteiger partial charge in [0.15, 0.2) is 5.96 Å². The molecule has 1 fully saturated rings. The van der Waals surface area contributed by atoms with Crippen molar-refractivity contribution in [3.8, 4) is 0 Å².